The first kappa shape index (κ1) is 7.66. The summed E-state index contributed by atoms with van der Waals surface area (Å²) in [6, 6.07) is 0. The van der Waals surface area contributed by atoms with E-state index in [1.807, 2.05) is 0 Å². The molecule has 0 rings (SSSR count). The number of hydrogen-bond donors (Lipinski definition) is 0. The first-order valence-electron chi connectivity index (χ1n) is 2.32. The number of hydrogen-bond acceptors (Lipinski definition) is 3. The molecule has 0 heterocycles. The van der Waals surface area contributed by atoms with Crippen molar-refractivity contribution in [2.45, 2.75) is 13.8 Å². The lowest BCUT2D eigenvalue weighted by molar-refractivity contribution is 0.759. The van der Waals surface area contributed by atoms with Crippen molar-refractivity contribution in [3.8, 4) is 0 Å². The van der Waals surface area contributed by atoms with E-state index in [2.05, 4.69) is 13.8 Å². The average molecular weight is 138 g/mol. The summed E-state index contributed by atoms with van der Waals surface area (Å²) >= 11 is 2.99. The molecule has 0 aromatic heterocycles. The van der Waals surface area contributed by atoms with Crippen LogP contribution in [0.25, 0.3) is 0 Å². The summed E-state index contributed by atoms with van der Waals surface area (Å²) in [6.45, 7) is 4.14. The maximum Gasteiger partial charge on any atom is 0.0182 e. The van der Waals surface area contributed by atoms with E-state index in [1.54, 1.807) is 0 Å². The third-order valence-corrected chi connectivity index (χ3v) is 1.57. The van der Waals surface area contributed by atoms with E-state index in [4.69, 9.17) is 3.63 Å². The molecule has 0 atom stereocenters. The summed E-state index contributed by atoms with van der Waals surface area (Å²) < 4.78 is 4.97. The van der Waals surface area contributed by atoms with Crippen LogP contribution in [0.4, 0.5) is 0 Å². The molecule has 0 unspecified atom stereocenters. The van der Waals surface area contributed by atoms with Gasteiger partial charge in [0.2, 0.25) is 0 Å². The second-order valence-electron chi connectivity index (χ2n) is 0.881. The summed E-state index contributed by atoms with van der Waals surface area (Å²) in [7, 11) is 0. The van der Waals surface area contributed by atoms with Gasteiger partial charge in [0, 0.05) is 35.6 Å². The van der Waals surface area contributed by atoms with Crippen molar-refractivity contribution in [3.63, 3.8) is 0 Å². The standard InChI is InChI=1S/C4H10OS2/c1-3-6-5-7-4-2/h3-4H2,1-2H3. The fourth-order valence-electron chi connectivity index (χ4n) is 0.130. The second-order valence-corrected chi connectivity index (χ2v) is 3.05. The van der Waals surface area contributed by atoms with Crippen molar-refractivity contribution in [1.29, 1.82) is 0 Å². The Balaban J connectivity index is 2.45. The minimum Gasteiger partial charge on any atom is -0.247 e. The quantitative estimate of drug-likeness (QED) is 0.436. The van der Waals surface area contributed by atoms with Gasteiger partial charge in [-0.05, 0) is 0 Å². The number of rotatable bonds is 4. The zero-order valence-corrected chi connectivity index (χ0v) is 6.27. The van der Waals surface area contributed by atoms with Gasteiger partial charge in [0.25, 0.3) is 0 Å². The van der Waals surface area contributed by atoms with Gasteiger partial charge < -0.3 is 0 Å². The Labute approximate surface area is 53.6 Å². The van der Waals surface area contributed by atoms with E-state index in [-0.39, 0.29) is 0 Å². The smallest absolute Gasteiger partial charge is 0.0182 e. The van der Waals surface area contributed by atoms with Gasteiger partial charge in [0.1, 0.15) is 0 Å². The van der Waals surface area contributed by atoms with E-state index >= 15 is 0 Å². The van der Waals surface area contributed by atoms with E-state index in [1.165, 1.54) is 24.1 Å². The molecule has 0 radical (unpaired) electrons. The Morgan fingerprint density at radius 2 is 1.57 bits per heavy atom. The van der Waals surface area contributed by atoms with Crippen molar-refractivity contribution in [3.05, 3.63) is 0 Å². The van der Waals surface area contributed by atoms with Gasteiger partial charge in [-0.1, -0.05) is 13.8 Å². The zero-order chi connectivity index (χ0) is 5.54. The summed E-state index contributed by atoms with van der Waals surface area (Å²) in [5.41, 5.74) is 0. The molecular weight excluding hydrogens is 128 g/mol. The van der Waals surface area contributed by atoms with Gasteiger partial charge in [-0.25, -0.2) is 3.63 Å². The molecule has 44 valence electrons. The van der Waals surface area contributed by atoms with Crippen LogP contribution in [0.15, 0.2) is 0 Å². The summed E-state index contributed by atoms with van der Waals surface area (Å²) in [5, 5.41) is 0. The normalized spacial score (nSPS) is 9.43. The fourth-order valence-corrected chi connectivity index (χ4v) is 1.17. The maximum atomic E-state index is 4.97. The highest BCUT2D eigenvalue weighted by Crippen LogP contribution is 2.12. The van der Waals surface area contributed by atoms with Gasteiger partial charge in [0.05, 0.1) is 0 Å². The van der Waals surface area contributed by atoms with Crippen LogP contribution in [0.3, 0.4) is 0 Å². The zero-order valence-electron chi connectivity index (χ0n) is 4.64. The molecular formula is C4H10OS2. The first-order valence-corrected chi connectivity index (χ1v) is 4.15. The maximum absolute atomic E-state index is 4.97. The van der Waals surface area contributed by atoms with Crippen molar-refractivity contribution in [2.75, 3.05) is 11.5 Å². The van der Waals surface area contributed by atoms with Crippen LogP contribution >= 0.6 is 24.1 Å². The largest absolute Gasteiger partial charge is 0.247 e. The first-order chi connectivity index (χ1) is 3.41. The van der Waals surface area contributed by atoms with Gasteiger partial charge in [-0.15, -0.1) is 0 Å². The highest BCUT2D eigenvalue weighted by molar-refractivity contribution is 8.07. The molecule has 0 aliphatic rings. The third kappa shape index (κ3) is 6.66. The molecule has 0 bridgehead atoms. The Morgan fingerprint density at radius 1 is 1.14 bits per heavy atom. The molecule has 0 amide bonds. The van der Waals surface area contributed by atoms with E-state index in [9.17, 15) is 0 Å². The minimum atomic E-state index is 1.03. The Hall–Kier alpha value is 0.660. The van der Waals surface area contributed by atoms with Crippen molar-refractivity contribution < 1.29 is 3.63 Å². The Kier molecular flexibility index (Phi) is 7.29. The van der Waals surface area contributed by atoms with Crippen LogP contribution in [-0.4, -0.2) is 11.5 Å². The van der Waals surface area contributed by atoms with E-state index < -0.39 is 0 Å². The molecule has 0 aliphatic heterocycles. The van der Waals surface area contributed by atoms with Crippen LogP contribution in [0, 0.1) is 0 Å². The van der Waals surface area contributed by atoms with Crippen molar-refractivity contribution in [2.24, 2.45) is 0 Å². The topological polar surface area (TPSA) is 9.23 Å². The predicted octanol–water partition coefficient (Wildman–Crippen LogP) is 2.34. The van der Waals surface area contributed by atoms with E-state index in [0.717, 1.165) is 11.5 Å². The van der Waals surface area contributed by atoms with Crippen molar-refractivity contribution >= 4 is 24.1 Å². The van der Waals surface area contributed by atoms with Crippen LogP contribution in [0.5, 0.6) is 0 Å². The third-order valence-electron chi connectivity index (χ3n) is 0.332. The van der Waals surface area contributed by atoms with Gasteiger partial charge >= 0.3 is 0 Å². The molecule has 0 aromatic rings. The lowest BCUT2D eigenvalue weighted by atomic mass is 11.0. The minimum absolute atomic E-state index is 1.03. The van der Waals surface area contributed by atoms with Crippen LogP contribution in [0.2, 0.25) is 0 Å². The van der Waals surface area contributed by atoms with Gasteiger partial charge in [-0.2, -0.15) is 0 Å². The summed E-state index contributed by atoms with van der Waals surface area (Å²) in [6.07, 6.45) is 0. The molecule has 0 saturated carbocycles. The molecule has 3 heteroatoms. The molecule has 0 N–H and O–H groups in total. The molecule has 0 aliphatic carbocycles. The molecule has 7 heavy (non-hydrogen) atoms. The molecule has 0 spiro atoms. The Morgan fingerprint density at radius 3 is 1.86 bits per heavy atom. The second kappa shape index (κ2) is 6.66. The lowest BCUT2D eigenvalue weighted by Gasteiger charge is -1.91. The highest BCUT2D eigenvalue weighted by atomic mass is 32.2. The van der Waals surface area contributed by atoms with Gasteiger partial charge in [0.15, 0.2) is 0 Å². The molecule has 0 fully saturated rings. The molecule has 0 aromatic carbocycles. The van der Waals surface area contributed by atoms with Gasteiger partial charge in [-0.3, -0.25) is 0 Å². The average Bonchev–Trinajstić information content (AvgIpc) is 1.69. The highest BCUT2D eigenvalue weighted by Gasteiger charge is 1.80. The van der Waals surface area contributed by atoms with E-state index in [0.29, 0.717) is 0 Å². The summed E-state index contributed by atoms with van der Waals surface area (Å²) in [5.74, 6) is 2.07. The fraction of sp³-hybridized carbons (Fsp3) is 1.00. The molecule has 0 saturated heterocycles. The monoisotopic (exact) mass is 138 g/mol. The van der Waals surface area contributed by atoms with Crippen LogP contribution in [0.1, 0.15) is 13.8 Å². The predicted molar refractivity (Wildman–Crippen MR) is 37.3 cm³/mol. The Bertz CT molecular complexity index is 28.9. The van der Waals surface area contributed by atoms with Crippen molar-refractivity contribution in [1.82, 2.24) is 0 Å². The van der Waals surface area contributed by atoms with Crippen LogP contribution in [-0.2, 0) is 3.63 Å². The SMILES string of the molecule is CCSOSCC. The summed E-state index contributed by atoms with van der Waals surface area (Å²) in [4.78, 5) is 0. The molecule has 1 nitrogen and oxygen atoms in total. The lowest BCUT2D eigenvalue weighted by Crippen LogP contribution is -1.68. The van der Waals surface area contributed by atoms with Crippen LogP contribution < -0.4 is 0 Å².